The number of benzene rings is 2. The standard InChI is InChI=1S/C21H17FN2O2/c1-21(2,3)20-24-17-16(23-13-10-8-12(22)9-11-13)14-6-4-5-7-15(14)18(25)19(17)26-20/h4-11H,1-3H3. The number of rotatable bonds is 1. The van der Waals surface area contributed by atoms with E-state index in [1.165, 1.54) is 12.1 Å². The van der Waals surface area contributed by atoms with Gasteiger partial charge in [-0.2, -0.15) is 0 Å². The van der Waals surface area contributed by atoms with Gasteiger partial charge in [0.05, 0.1) is 5.69 Å². The molecule has 1 aliphatic rings. The molecule has 0 radical (unpaired) electrons. The van der Waals surface area contributed by atoms with Crippen molar-refractivity contribution in [1.29, 1.82) is 0 Å². The fraction of sp³-hybridized carbons (Fsp3) is 0.190. The maximum Gasteiger partial charge on any atom is 0.231 e. The molecule has 0 saturated heterocycles. The van der Waals surface area contributed by atoms with Gasteiger partial charge in [0.2, 0.25) is 17.4 Å². The van der Waals surface area contributed by atoms with E-state index in [0.29, 0.717) is 34.1 Å². The van der Waals surface area contributed by atoms with Gasteiger partial charge in [-0.25, -0.2) is 14.4 Å². The number of hydrogen-bond donors (Lipinski definition) is 0. The van der Waals surface area contributed by atoms with E-state index in [0.717, 1.165) is 0 Å². The van der Waals surface area contributed by atoms with E-state index in [4.69, 9.17) is 4.42 Å². The van der Waals surface area contributed by atoms with Gasteiger partial charge in [-0.15, -0.1) is 0 Å². The molecule has 1 aromatic heterocycles. The Morgan fingerprint density at radius 1 is 1.00 bits per heavy atom. The number of aliphatic imine (C=N–C) groups is 1. The van der Waals surface area contributed by atoms with Gasteiger partial charge in [0.25, 0.3) is 0 Å². The smallest absolute Gasteiger partial charge is 0.231 e. The van der Waals surface area contributed by atoms with E-state index in [-0.39, 0.29) is 22.8 Å². The van der Waals surface area contributed by atoms with Gasteiger partial charge in [-0.3, -0.25) is 4.79 Å². The van der Waals surface area contributed by atoms with Crippen LogP contribution in [-0.2, 0) is 5.41 Å². The Kier molecular flexibility index (Phi) is 3.61. The SMILES string of the molecule is CC(C)(C)c1nc2c(o1)C(=O)c1ccccc1C2=Nc1ccc(F)cc1. The van der Waals surface area contributed by atoms with E-state index in [1.807, 2.05) is 32.9 Å². The molecule has 4 rings (SSSR count). The van der Waals surface area contributed by atoms with Crippen LogP contribution in [0.15, 0.2) is 57.9 Å². The van der Waals surface area contributed by atoms with Crippen molar-refractivity contribution in [2.24, 2.45) is 4.99 Å². The number of nitrogens with zero attached hydrogens (tertiary/aromatic N) is 2. The highest BCUT2D eigenvalue weighted by Gasteiger charge is 2.35. The van der Waals surface area contributed by atoms with Crippen LogP contribution in [0, 0.1) is 5.82 Å². The van der Waals surface area contributed by atoms with Crippen molar-refractivity contribution in [1.82, 2.24) is 4.98 Å². The fourth-order valence-corrected chi connectivity index (χ4v) is 2.85. The molecule has 1 aliphatic carbocycles. The summed E-state index contributed by atoms with van der Waals surface area (Å²) in [6.45, 7) is 5.91. The highest BCUT2D eigenvalue weighted by molar-refractivity contribution is 6.28. The summed E-state index contributed by atoms with van der Waals surface area (Å²) < 4.78 is 19.0. The lowest BCUT2D eigenvalue weighted by Crippen LogP contribution is -2.20. The Hall–Kier alpha value is -3.08. The van der Waals surface area contributed by atoms with Crippen LogP contribution in [-0.4, -0.2) is 16.5 Å². The van der Waals surface area contributed by atoms with Crippen LogP contribution >= 0.6 is 0 Å². The van der Waals surface area contributed by atoms with Crippen LogP contribution in [0.3, 0.4) is 0 Å². The average molecular weight is 348 g/mol. The van der Waals surface area contributed by atoms with Gasteiger partial charge in [0, 0.05) is 16.5 Å². The quantitative estimate of drug-likeness (QED) is 0.495. The number of carbonyl (C=O) groups is 1. The molecule has 0 spiro atoms. The molecule has 1 heterocycles. The minimum Gasteiger partial charge on any atom is -0.436 e. The highest BCUT2D eigenvalue weighted by atomic mass is 19.1. The van der Waals surface area contributed by atoms with E-state index in [1.54, 1.807) is 24.3 Å². The molecule has 2 aromatic carbocycles. The van der Waals surface area contributed by atoms with E-state index >= 15 is 0 Å². The summed E-state index contributed by atoms with van der Waals surface area (Å²) >= 11 is 0. The summed E-state index contributed by atoms with van der Waals surface area (Å²) in [5, 5.41) is 0. The molecule has 0 fully saturated rings. The van der Waals surface area contributed by atoms with Gasteiger partial charge in [0.15, 0.2) is 0 Å². The first kappa shape index (κ1) is 16.4. The Morgan fingerprint density at radius 3 is 2.31 bits per heavy atom. The second-order valence-electron chi connectivity index (χ2n) is 7.26. The van der Waals surface area contributed by atoms with Gasteiger partial charge in [0.1, 0.15) is 17.2 Å². The van der Waals surface area contributed by atoms with Crippen LogP contribution < -0.4 is 0 Å². The molecule has 4 nitrogen and oxygen atoms in total. The van der Waals surface area contributed by atoms with Crippen molar-refractivity contribution in [2.75, 3.05) is 0 Å². The third-order valence-electron chi connectivity index (χ3n) is 4.19. The van der Waals surface area contributed by atoms with E-state index < -0.39 is 0 Å². The van der Waals surface area contributed by atoms with Crippen LogP contribution in [0.2, 0.25) is 0 Å². The summed E-state index contributed by atoms with van der Waals surface area (Å²) in [5.74, 6) is 0.159. The molecule has 0 atom stereocenters. The summed E-state index contributed by atoms with van der Waals surface area (Å²) in [7, 11) is 0. The molecule has 130 valence electrons. The maximum atomic E-state index is 13.2. The van der Waals surface area contributed by atoms with Crippen LogP contribution in [0.25, 0.3) is 0 Å². The predicted octanol–water partition coefficient (Wildman–Crippen LogP) is 4.82. The van der Waals surface area contributed by atoms with Crippen molar-refractivity contribution in [2.45, 2.75) is 26.2 Å². The molecule has 0 amide bonds. The number of fused-ring (bicyclic) bond motifs is 2. The maximum absolute atomic E-state index is 13.2. The molecule has 3 aromatic rings. The number of halogens is 1. The summed E-state index contributed by atoms with van der Waals surface area (Å²) in [6, 6.07) is 13.1. The average Bonchev–Trinajstić information content (AvgIpc) is 3.06. The number of hydrogen-bond acceptors (Lipinski definition) is 4. The zero-order chi connectivity index (χ0) is 18.5. The van der Waals surface area contributed by atoms with Crippen LogP contribution in [0.5, 0.6) is 0 Å². The largest absolute Gasteiger partial charge is 0.436 e. The van der Waals surface area contributed by atoms with Crippen molar-refractivity contribution in [3.8, 4) is 0 Å². The molecule has 26 heavy (non-hydrogen) atoms. The summed E-state index contributed by atoms with van der Waals surface area (Å²) in [4.78, 5) is 22.1. The Balaban J connectivity index is 1.97. The first-order valence-corrected chi connectivity index (χ1v) is 8.34. The monoisotopic (exact) mass is 348 g/mol. The van der Waals surface area contributed by atoms with Gasteiger partial charge < -0.3 is 4.42 Å². The number of aromatic nitrogens is 1. The number of oxazole rings is 1. The van der Waals surface area contributed by atoms with Gasteiger partial charge >= 0.3 is 0 Å². The van der Waals surface area contributed by atoms with Crippen molar-refractivity contribution < 1.29 is 13.6 Å². The third kappa shape index (κ3) is 2.65. The number of carbonyl (C=O) groups excluding carboxylic acids is 1. The lowest BCUT2D eigenvalue weighted by Gasteiger charge is -2.15. The van der Waals surface area contributed by atoms with Crippen LogP contribution in [0.1, 0.15) is 54.0 Å². The lowest BCUT2D eigenvalue weighted by molar-refractivity contribution is 0.100. The minimum absolute atomic E-state index is 0.198. The normalized spacial score (nSPS) is 15.1. The molecule has 0 saturated carbocycles. The topological polar surface area (TPSA) is 55.5 Å². The molecule has 5 heteroatoms. The molecule has 0 bridgehead atoms. The first-order valence-electron chi connectivity index (χ1n) is 8.34. The van der Waals surface area contributed by atoms with E-state index in [2.05, 4.69) is 9.98 Å². The van der Waals surface area contributed by atoms with Crippen molar-refractivity contribution in [3.63, 3.8) is 0 Å². The molecular formula is C21H17FN2O2. The second-order valence-corrected chi connectivity index (χ2v) is 7.26. The Labute approximate surface area is 150 Å². The Bertz CT molecular complexity index is 1040. The lowest BCUT2D eigenvalue weighted by atomic mass is 9.90. The predicted molar refractivity (Wildman–Crippen MR) is 96.8 cm³/mol. The minimum atomic E-state index is -0.342. The van der Waals surface area contributed by atoms with E-state index in [9.17, 15) is 9.18 Å². The zero-order valence-electron chi connectivity index (χ0n) is 14.7. The molecule has 0 aliphatic heterocycles. The van der Waals surface area contributed by atoms with Gasteiger partial charge in [-0.05, 0) is 24.3 Å². The fourth-order valence-electron chi connectivity index (χ4n) is 2.85. The van der Waals surface area contributed by atoms with Crippen LogP contribution in [0.4, 0.5) is 10.1 Å². The summed E-state index contributed by atoms with van der Waals surface area (Å²) in [5.41, 5.74) is 2.45. The Morgan fingerprint density at radius 2 is 1.65 bits per heavy atom. The zero-order valence-corrected chi connectivity index (χ0v) is 14.7. The van der Waals surface area contributed by atoms with Crippen molar-refractivity contribution >= 4 is 17.2 Å². The highest BCUT2D eigenvalue weighted by Crippen LogP contribution is 2.33. The molecule has 0 unspecified atom stereocenters. The third-order valence-corrected chi connectivity index (χ3v) is 4.19. The molecule has 0 N–H and O–H groups in total. The number of ketones is 1. The second kappa shape index (κ2) is 5.73. The van der Waals surface area contributed by atoms with Crippen molar-refractivity contribution in [3.05, 3.63) is 82.8 Å². The van der Waals surface area contributed by atoms with Gasteiger partial charge in [-0.1, -0.05) is 45.0 Å². The first-order chi connectivity index (χ1) is 12.3. The summed E-state index contributed by atoms with van der Waals surface area (Å²) in [6.07, 6.45) is 0. The molecular weight excluding hydrogens is 331 g/mol.